The van der Waals surface area contributed by atoms with Crippen molar-refractivity contribution in [3.63, 3.8) is 0 Å². The Morgan fingerprint density at radius 1 is 1.26 bits per heavy atom. The Balaban J connectivity index is 3.23. The van der Waals surface area contributed by atoms with Gasteiger partial charge in [0.25, 0.3) is 0 Å². The highest BCUT2D eigenvalue weighted by Crippen LogP contribution is 2.38. The molecule has 1 aromatic carbocycles. The van der Waals surface area contributed by atoms with Crippen molar-refractivity contribution in [2.24, 2.45) is 0 Å². The van der Waals surface area contributed by atoms with Crippen LogP contribution < -0.4 is 9.47 Å². The molecule has 1 rings (SSSR count). The molecule has 0 spiro atoms. The molecule has 3 nitrogen and oxygen atoms in total. The molecule has 1 aromatic rings. The fourth-order valence-corrected chi connectivity index (χ4v) is 1.55. The fourth-order valence-electron chi connectivity index (χ4n) is 1.29. The minimum absolute atomic E-state index is 0.0463. The van der Waals surface area contributed by atoms with E-state index in [2.05, 4.69) is 18.4 Å². The summed E-state index contributed by atoms with van der Waals surface area (Å²) in [7, 11) is 0. The van der Waals surface area contributed by atoms with Crippen LogP contribution in [0, 0.1) is 36.0 Å². The van der Waals surface area contributed by atoms with E-state index in [1.165, 1.54) is 0 Å². The molecular formula is C15H10ClNO2. The van der Waals surface area contributed by atoms with E-state index in [1.807, 2.05) is 6.07 Å². The van der Waals surface area contributed by atoms with Crippen LogP contribution in [0.25, 0.3) is 5.57 Å². The molecule has 19 heavy (non-hydrogen) atoms. The highest BCUT2D eigenvalue weighted by Gasteiger charge is 2.13. The predicted molar refractivity (Wildman–Crippen MR) is 74.8 cm³/mol. The summed E-state index contributed by atoms with van der Waals surface area (Å²) >= 11 is 6.07. The topological polar surface area (TPSA) is 42.2 Å². The van der Waals surface area contributed by atoms with Gasteiger partial charge in [-0.15, -0.1) is 12.8 Å². The van der Waals surface area contributed by atoms with Crippen LogP contribution in [0.15, 0.2) is 18.7 Å². The molecule has 0 radical (unpaired) electrons. The van der Waals surface area contributed by atoms with Crippen LogP contribution in [-0.4, -0.2) is 13.2 Å². The van der Waals surface area contributed by atoms with Crippen molar-refractivity contribution in [3.8, 4) is 42.3 Å². The Labute approximate surface area is 117 Å². The van der Waals surface area contributed by atoms with Gasteiger partial charge in [0.1, 0.15) is 13.2 Å². The maximum Gasteiger partial charge on any atom is 0.181 e. The maximum atomic E-state index is 8.83. The Hall–Kier alpha value is -2.54. The molecule has 0 unspecified atom stereocenters. The molecule has 0 N–H and O–H groups in total. The molecule has 0 aliphatic rings. The van der Waals surface area contributed by atoms with Crippen molar-refractivity contribution < 1.29 is 9.47 Å². The van der Waals surface area contributed by atoms with Gasteiger partial charge < -0.3 is 9.47 Å². The van der Waals surface area contributed by atoms with Gasteiger partial charge in [0.05, 0.1) is 16.7 Å². The lowest BCUT2D eigenvalue weighted by Gasteiger charge is -2.13. The number of terminal acetylenes is 2. The Morgan fingerprint density at radius 3 is 2.47 bits per heavy atom. The first-order valence-electron chi connectivity index (χ1n) is 5.19. The second-order valence-electron chi connectivity index (χ2n) is 3.36. The van der Waals surface area contributed by atoms with Gasteiger partial charge in [0.15, 0.2) is 11.5 Å². The maximum absolute atomic E-state index is 8.83. The number of nitriles is 1. The van der Waals surface area contributed by atoms with E-state index in [4.69, 9.17) is 39.2 Å². The number of nitrogens with zero attached hydrogens (tertiary/aromatic N) is 1. The lowest BCUT2D eigenvalue weighted by molar-refractivity contribution is 0.314. The quantitative estimate of drug-likeness (QED) is 0.611. The molecule has 94 valence electrons. The first kappa shape index (κ1) is 14.5. The minimum Gasteiger partial charge on any atom is -0.477 e. The summed E-state index contributed by atoms with van der Waals surface area (Å²) in [5.74, 6) is 5.28. The van der Waals surface area contributed by atoms with Crippen molar-refractivity contribution in [2.75, 3.05) is 13.2 Å². The van der Waals surface area contributed by atoms with Crippen LogP contribution in [0.2, 0.25) is 5.02 Å². The summed E-state index contributed by atoms with van der Waals surface area (Å²) in [5.41, 5.74) is 0.795. The van der Waals surface area contributed by atoms with E-state index in [0.717, 1.165) is 0 Å². The van der Waals surface area contributed by atoms with E-state index in [0.29, 0.717) is 17.1 Å². The standard InChI is InChI=1S/C15H10ClNO2/c1-4-6-18-14-9-12(11(3)10-17)8-13(16)15(14)19-7-5-2/h1-2,8-9H,3,6-7H2. The Morgan fingerprint density at radius 2 is 1.89 bits per heavy atom. The molecule has 0 aliphatic carbocycles. The van der Waals surface area contributed by atoms with Crippen LogP contribution in [0.3, 0.4) is 0 Å². The van der Waals surface area contributed by atoms with Crippen molar-refractivity contribution in [2.45, 2.75) is 0 Å². The number of ether oxygens (including phenoxy) is 2. The molecule has 0 aromatic heterocycles. The lowest BCUT2D eigenvalue weighted by atomic mass is 10.1. The summed E-state index contributed by atoms with van der Waals surface area (Å²) in [6.07, 6.45) is 10.3. The molecule has 0 aliphatic heterocycles. The Bertz CT molecular complexity index is 615. The zero-order valence-corrected chi connectivity index (χ0v) is 10.8. The first-order valence-corrected chi connectivity index (χ1v) is 5.57. The zero-order valence-electron chi connectivity index (χ0n) is 10.1. The van der Waals surface area contributed by atoms with Gasteiger partial charge in [-0.1, -0.05) is 30.0 Å². The van der Waals surface area contributed by atoms with E-state index in [-0.39, 0.29) is 23.8 Å². The highest BCUT2D eigenvalue weighted by molar-refractivity contribution is 6.32. The smallest absolute Gasteiger partial charge is 0.181 e. The second kappa shape index (κ2) is 7.02. The average Bonchev–Trinajstić information content (AvgIpc) is 2.42. The third-order valence-electron chi connectivity index (χ3n) is 2.10. The average molecular weight is 272 g/mol. The number of hydrogen-bond donors (Lipinski definition) is 0. The normalized spacial score (nSPS) is 8.74. The van der Waals surface area contributed by atoms with Gasteiger partial charge in [0, 0.05) is 0 Å². The monoisotopic (exact) mass is 271 g/mol. The molecule has 0 fully saturated rings. The summed E-state index contributed by atoms with van der Waals surface area (Å²) in [6, 6.07) is 5.07. The van der Waals surface area contributed by atoms with E-state index >= 15 is 0 Å². The van der Waals surface area contributed by atoms with Crippen LogP contribution in [0.1, 0.15) is 5.56 Å². The zero-order chi connectivity index (χ0) is 14.3. The molecule has 4 heteroatoms. The summed E-state index contributed by atoms with van der Waals surface area (Å²) in [5, 5.41) is 9.11. The van der Waals surface area contributed by atoms with E-state index in [1.54, 1.807) is 12.1 Å². The van der Waals surface area contributed by atoms with Gasteiger partial charge in [-0.2, -0.15) is 5.26 Å². The molecule has 0 amide bonds. The lowest BCUT2D eigenvalue weighted by Crippen LogP contribution is -2.01. The van der Waals surface area contributed by atoms with Gasteiger partial charge in [-0.3, -0.25) is 0 Å². The van der Waals surface area contributed by atoms with Gasteiger partial charge in [-0.25, -0.2) is 0 Å². The largest absolute Gasteiger partial charge is 0.477 e. The second-order valence-corrected chi connectivity index (χ2v) is 3.77. The molecule has 0 atom stereocenters. The van der Waals surface area contributed by atoms with Crippen molar-refractivity contribution >= 4 is 17.2 Å². The summed E-state index contributed by atoms with van der Waals surface area (Å²) in [6.45, 7) is 3.70. The van der Waals surface area contributed by atoms with Crippen LogP contribution in [0.5, 0.6) is 11.5 Å². The molecule has 0 saturated heterocycles. The van der Waals surface area contributed by atoms with Crippen molar-refractivity contribution in [1.82, 2.24) is 0 Å². The highest BCUT2D eigenvalue weighted by atomic mass is 35.5. The summed E-state index contributed by atoms with van der Waals surface area (Å²) < 4.78 is 10.6. The minimum atomic E-state index is 0.0463. The SMILES string of the molecule is C#CCOc1cc(C(=C)C#N)cc(Cl)c1OCC#C. The number of rotatable bonds is 5. The predicted octanol–water partition coefficient (Wildman–Crippen LogP) is 2.90. The van der Waals surface area contributed by atoms with Crippen molar-refractivity contribution in [1.29, 1.82) is 5.26 Å². The molecule has 0 heterocycles. The number of hydrogen-bond acceptors (Lipinski definition) is 3. The Kier molecular flexibility index (Phi) is 5.36. The summed E-state index contributed by atoms with van der Waals surface area (Å²) in [4.78, 5) is 0. The van der Waals surface area contributed by atoms with Crippen LogP contribution >= 0.6 is 11.6 Å². The van der Waals surface area contributed by atoms with E-state index in [9.17, 15) is 0 Å². The van der Waals surface area contributed by atoms with Crippen molar-refractivity contribution in [3.05, 3.63) is 29.3 Å². The van der Waals surface area contributed by atoms with Gasteiger partial charge in [0.2, 0.25) is 0 Å². The number of allylic oxidation sites excluding steroid dienone is 1. The van der Waals surface area contributed by atoms with Crippen LogP contribution in [0.4, 0.5) is 0 Å². The van der Waals surface area contributed by atoms with E-state index < -0.39 is 0 Å². The molecule has 0 saturated carbocycles. The number of halogens is 1. The molecular weight excluding hydrogens is 262 g/mol. The number of benzene rings is 1. The molecule has 0 bridgehead atoms. The van der Waals surface area contributed by atoms with Gasteiger partial charge >= 0.3 is 0 Å². The van der Waals surface area contributed by atoms with Gasteiger partial charge in [-0.05, 0) is 17.7 Å². The third kappa shape index (κ3) is 3.71. The fraction of sp³-hybridized carbons (Fsp3) is 0.133. The van der Waals surface area contributed by atoms with Crippen LogP contribution in [-0.2, 0) is 0 Å². The first-order chi connectivity index (χ1) is 9.13. The third-order valence-corrected chi connectivity index (χ3v) is 2.38.